The average molecular weight is 347 g/mol. The first-order chi connectivity index (χ1) is 11.1. The lowest BCUT2D eigenvalue weighted by atomic mass is 10.1. The zero-order chi connectivity index (χ0) is 18.1. The van der Waals surface area contributed by atoms with Crippen LogP contribution in [0.1, 0.15) is 11.1 Å². The zero-order valence-electron chi connectivity index (χ0n) is 11.8. The summed E-state index contributed by atoms with van der Waals surface area (Å²) in [6, 6.07) is 1.82. The third-order valence-electron chi connectivity index (χ3n) is 2.94. The second-order valence-corrected chi connectivity index (χ2v) is 4.63. The Kier molecular flexibility index (Phi) is 4.61. The molecule has 2 aromatic carbocycles. The average Bonchev–Trinajstić information content (AvgIpc) is 2.46. The van der Waals surface area contributed by atoms with E-state index in [9.17, 15) is 26.3 Å². The minimum Gasteiger partial charge on any atom is -0.448 e. The van der Waals surface area contributed by atoms with Crippen LogP contribution in [0.5, 0.6) is 11.5 Å². The summed E-state index contributed by atoms with van der Waals surface area (Å²) in [6.07, 6.45) is -4.95. The first-order valence-corrected chi connectivity index (χ1v) is 6.23. The molecule has 4 nitrogen and oxygen atoms in total. The number of hydrogen-bond acceptors (Lipinski definition) is 2. The molecule has 0 heterocycles. The Morgan fingerprint density at radius 1 is 1.00 bits per heavy atom. The van der Waals surface area contributed by atoms with E-state index >= 15 is 0 Å². The predicted molar refractivity (Wildman–Crippen MR) is 71.4 cm³/mol. The van der Waals surface area contributed by atoms with Crippen LogP contribution in [0.4, 0.5) is 32.0 Å². The van der Waals surface area contributed by atoms with Gasteiger partial charge in [0.2, 0.25) is 0 Å². The highest BCUT2D eigenvalue weighted by Crippen LogP contribution is 2.37. The fraction of sp³-hybridized carbons (Fsp3) is 0.143. The summed E-state index contributed by atoms with van der Waals surface area (Å²) in [5.41, 5.74) is 6.99. The molecule has 0 spiro atoms. The number of ether oxygens (including phenoxy) is 1. The largest absolute Gasteiger partial charge is 0.448 e. The van der Waals surface area contributed by atoms with Crippen LogP contribution in [-0.2, 0) is 6.18 Å². The summed E-state index contributed by atoms with van der Waals surface area (Å²) in [5.74, 6) is -6.28. The van der Waals surface area contributed by atoms with Gasteiger partial charge >= 0.3 is 6.18 Å². The Balaban J connectivity index is 2.49. The number of alkyl halides is 3. The summed E-state index contributed by atoms with van der Waals surface area (Å²) >= 11 is 0. The molecule has 0 saturated heterocycles. The number of azide groups is 1. The molecule has 126 valence electrons. The molecule has 0 bridgehead atoms. The fourth-order valence-electron chi connectivity index (χ4n) is 1.81. The Morgan fingerprint density at radius 2 is 1.58 bits per heavy atom. The van der Waals surface area contributed by atoms with Crippen molar-refractivity contribution in [2.75, 3.05) is 0 Å². The second-order valence-electron chi connectivity index (χ2n) is 4.63. The molecule has 0 amide bonds. The summed E-state index contributed by atoms with van der Waals surface area (Å²) in [4.78, 5) is 2.49. The van der Waals surface area contributed by atoms with Crippen LogP contribution in [0.2, 0.25) is 0 Å². The standard InChI is InChI=1S/C14H7F6N3O/c1-6-2-8(15)12(5-11(6)22-23-21)24-13-9(16)3-7(4-10(13)17)14(18,19)20/h2-5H,1H3. The maximum Gasteiger partial charge on any atom is 0.416 e. The molecule has 0 aliphatic heterocycles. The molecule has 0 unspecified atom stereocenters. The van der Waals surface area contributed by atoms with Crippen LogP contribution in [0.25, 0.3) is 10.4 Å². The number of hydrogen-bond donors (Lipinski definition) is 0. The van der Waals surface area contributed by atoms with Crippen molar-refractivity contribution in [3.05, 3.63) is 63.3 Å². The highest BCUT2D eigenvalue weighted by atomic mass is 19.4. The summed E-state index contributed by atoms with van der Waals surface area (Å²) < 4.78 is 83.4. The van der Waals surface area contributed by atoms with E-state index < -0.39 is 40.7 Å². The van der Waals surface area contributed by atoms with E-state index in [1.807, 2.05) is 0 Å². The van der Waals surface area contributed by atoms with Crippen molar-refractivity contribution < 1.29 is 31.1 Å². The Hall–Kier alpha value is -2.87. The topological polar surface area (TPSA) is 58.0 Å². The first-order valence-electron chi connectivity index (χ1n) is 6.23. The van der Waals surface area contributed by atoms with Crippen molar-refractivity contribution in [1.82, 2.24) is 0 Å². The lowest BCUT2D eigenvalue weighted by Crippen LogP contribution is -2.07. The monoisotopic (exact) mass is 347 g/mol. The lowest BCUT2D eigenvalue weighted by Gasteiger charge is -2.13. The van der Waals surface area contributed by atoms with Gasteiger partial charge in [0.05, 0.1) is 5.56 Å². The molecule has 10 heteroatoms. The van der Waals surface area contributed by atoms with Crippen molar-refractivity contribution in [2.24, 2.45) is 5.11 Å². The van der Waals surface area contributed by atoms with E-state index in [1.165, 1.54) is 6.92 Å². The first kappa shape index (κ1) is 17.5. The molecule has 2 rings (SSSR count). The SMILES string of the molecule is Cc1cc(F)c(Oc2c(F)cc(C(F)(F)F)cc2F)cc1N=[N+]=[N-]. The Morgan fingerprint density at radius 3 is 2.08 bits per heavy atom. The number of benzene rings is 2. The van der Waals surface area contributed by atoms with Crippen LogP contribution in [0.3, 0.4) is 0 Å². The predicted octanol–water partition coefficient (Wildman–Crippen LogP) is 6.17. The smallest absolute Gasteiger partial charge is 0.416 e. The molecule has 2 aromatic rings. The number of halogens is 6. The van der Waals surface area contributed by atoms with Crippen LogP contribution in [-0.4, -0.2) is 0 Å². The Labute approximate surface area is 130 Å². The van der Waals surface area contributed by atoms with Gasteiger partial charge in [0.15, 0.2) is 29.0 Å². The van der Waals surface area contributed by atoms with Crippen molar-refractivity contribution in [2.45, 2.75) is 13.1 Å². The van der Waals surface area contributed by atoms with Gasteiger partial charge < -0.3 is 4.74 Å². The van der Waals surface area contributed by atoms with E-state index in [1.54, 1.807) is 0 Å². The molecule has 0 atom stereocenters. The molecule has 0 fully saturated rings. The van der Waals surface area contributed by atoms with Gasteiger partial charge in [-0.15, -0.1) is 0 Å². The Bertz CT molecular complexity index is 820. The summed E-state index contributed by atoms with van der Waals surface area (Å²) in [7, 11) is 0. The van der Waals surface area contributed by atoms with Crippen LogP contribution < -0.4 is 4.74 Å². The summed E-state index contributed by atoms with van der Waals surface area (Å²) in [5, 5.41) is 3.24. The molecule has 24 heavy (non-hydrogen) atoms. The highest BCUT2D eigenvalue weighted by Gasteiger charge is 2.33. The number of nitrogens with zero attached hydrogens (tertiary/aromatic N) is 3. The quantitative estimate of drug-likeness (QED) is 0.284. The van der Waals surface area contributed by atoms with E-state index in [2.05, 4.69) is 10.0 Å². The normalized spacial score (nSPS) is 11.1. The maximum atomic E-state index is 13.8. The van der Waals surface area contributed by atoms with Gasteiger partial charge in [-0.1, -0.05) is 5.11 Å². The molecule has 0 aliphatic carbocycles. The van der Waals surface area contributed by atoms with Gasteiger partial charge in [-0.05, 0) is 42.3 Å². The fourth-order valence-corrected chi connectivity index (χ4v) is 1.81. The zero-order valence-corrected chi connectivity index (χ0v) is 11.8. The number of aryl methyl sites for hydroxylation is 1. The molecule has 0 N–H and O–H groups in total. The van der Waals surface area contributed by atoms with E-state index in [0.717, 1.165) is 12.1 Å². The minimum atomic E-state index is -4.95. The van der Waals surface area contributed by atoms with Gasteiger partial charge in [0.25, 0.3) is 0 Å². The highest BCUT2D eigenvalue weighted by molar-refractivity contribution is 5.52. The minimum absolute atomic E-state index is 0.0266. The number of rotatable bonds is 3. The van der Waals surface area contributed by atoms with Crippen molar-refractivity contribution in [3.8, 4) is 11.5 Å². The van der Waals surface area contributed by atoms with Gasteiger partial charge in [-0.2, -0.15) is 13.2 Å². The molecule has 0 saturated carbocycles. The van der Waals surface area contributed by atoms with Crippen LogP contribution in [0.15, 0.2) is 29.4 Å². The lowest BCUT2D eigenvalue weighted by molar-refractivity contribution is -0.138. The molecular weight excluding hydrogens is 340 g/mol. The van der Waals surface area contributed by atoms with Crippen molar-refractivity contribution in [3.63, 3.8) is 0 Å². The van der Waals surface area contributed by atoms with Gasteiger partial charge in [-0.25, -0.2) is 13.2 Å². The van der Waals surface area contributed by atoms with Crippen molar-refractivity contribution in [1.29, 1.82) is 0 Å². The molecule has 0 aliphatic rings. The van der Waals surface area contributed by atoms with Crippen molar-refractivity contribution >= 4 is 5.69 Å². The van der Waals surface area contributed by atoms with Crippen LogP contribution in [0, 0.1) is 24.4 Å². The van der Waals surface area contributed by atoms with E-state index in [4.69, 9.17) is 10.3 Å². The van der Waals surface area contributed by atoms with Gasteiger partial charge in [0, 0.05) is 10.6 Å². The van der Waals surface area contributed by atoms with Crippen LogP contribution >= 0.6 is 0 Å². The molecular formula is C14H7F6N3O. The van der Waals surface area contributed by atoms with E-state index in [0.29, 0.717) is 0 Å². The third-order valence-corrected chi connectivity index (χ3v) is 2.94. The maximum absolute atomic E-state index is 13.8. The third kappa shape index (κ3) is 3.54. The van der Waals surface area contributed by atoms with E-state index in [-0.39, 0.29) is 23.4 Å². The molecule has 0 radical (unpaired) electrons. The second kappa shape index (κ2) is 6.32. The molecule has 0 aromatic heterocycles. The van der Waals surface area contributed by atoms with Gasteiger partial charge in [0.1, 0.15) is 0 Å². The summed E-state index contributed by atoms with van der Waals surface area (Å²) in [6.45, 7) is 1.41. The van der Waals surface area contributed by atoms with Gasteiger partial charge in [-0.3, -0.25) is 0 Å².